The van der Waals surface area contributed by atoms with Crippen molar-refractivity contribution < 1.29 is 9.13 Å². The molecule has 1 atom stereocenters. The minimum Gasteiger partial charge on any atom is -0.491 e. The van der Waals surface area contributed by atoms with Gasteiger partial charge in [-0.3, -0.25) is 0 Å². The molecule has 0 bridgehead atoms. The van der Waals surface area contributed by atoms with Crippen LogP contribution in [0.1, 0.15) is 26.7 Å². The molecule has 0 saturated carbocycles. The zero-order valence-corrected chi connectivity index (χ0v) is 10.0. The van der Waals surface area contributed by atoms with E-state index in [0.29, 0.717) is 5.75 Å². The molecule has 0 saturated heterocycles. The fourth-order valence-electron chi connectivity index (χ4n) is 1.52. The summed E-state index contributed by atoms with van der Waals surface area (Å²) in [4.78, 5) is 0. The van der Waals surface area contributed by atoms with Gasteiger partial charge < -0.3 is 10.1 Å². The third-order valence-corrected chi connectivity index (χ3v) is 2.35. The molecule has 0 aliphatic rings. The molecule has 1 aromatic carbocycles. The molecule has 90 valence electrons. The molecule has 0 radical (unpaired) electrons. The summed E-state index contributed by atoms with van der Waals surface area (Å²) >= 11 is 0. The Morgan fingerprint density at radius 1 is 1.44 bits per heavy atom. The van der Waals surface area contributed by atoms with Crippen LogP contribution in [-0.4, -0.2) is 19.2 Å². The maximum Gasteiger partial charge on any atom is 0.126 e. The molecule has 0 fully saturated rings. The first-order valence-corrected chi connectivity index (χ1v) is 5.85. The Balaban J connectivity index is 2.25. The first-order valence-electron chi connectivity index (χ1n) is 5.85. The number of ether oxygens (including phenoxy) is 1. The van der Waals surface area contributed by atoms with E-state index in [1.54, 1.807) is 12.1 Å². The largest absolute Gasteiger partial charge is 0.491 e. The van der Waals surface area contributed by atoms with E-state index < -0.39 is 0 Å². The van der Waals surface area contributed by atoms with Gasteiger partial charge in [-0.15, -0.1) is 0 Å². The lowest BCUT2D eigenvalue weighted by atomic mass is 10.2. The Labute approximate surface area is 96.8 Å². The number of halogens is 1. The van der Waals surface area contributed by atoms with Gasteiger partial charge in [-0.25, -0.2) is 4.39 Å². The molecule has 0 aromatic heterocycles. The number of nitrogens with one attached hydrogen (secondary N) is 1. The topological polar surface area (TPSA) is 21.3 Å². The standard InChI is InChI=1S/C13H20FNO/c1-3-15-9-5-6-11(2)16-13-8-4-7-12(14)10-13/h4,7-8,10-11,15H,3,5-6,9H2,1-2H3. The van der Waals surface area contributed by atoms with E-state index in [-0.39, 0.29) is 11.9 Å². The Morgan fingerprint density at radius 3 is 2.94 bits per heavy atom. The number of benzene rings is 1. The van der Waals surface area contributed by atoms with Crippen molar-refractivity contribution in [2.45, 2.75) is 32.8 Å². The Hall–Kier alpha value is -1.09. The first kappa shape index (κ1) is 13.0. The van der Waals surface area contributed by atoms with E-state index in [1.165, 1.54) is 12.1 Å². The molecule has 3 heteroatoms. The van der Waals surface area contributed by atoms with Gasteiger partial charge in [0.1, 0.15) is 11.6 Å². The number of hydrogen-bond donors (Lipinski definition) is 1. The van der Waals surface area contributed by atoms with Gasteiger partial charge in [0, 0.05) is 6.07 Å². The minimum atomic E-state index is -0.252. The minimum absolute atomic E-state index is 0.125. The van der Waals surface area contributed by atoms with Gasteiger partial charge in [0.2, 0.25) is 0 Å². The number of rotatable bonds is 7. The van der Waals surface area contributed by atoms with E-state index in [9.17, 15) is 4.39 Å². The monoisotopic (exact) mass is 225 g/mol. The van der Waals surface area contributed by atoms with Gasteiger partial charge in [0.15, 0.2) is 0 Å². The summed E-state index contributed by atoms with van der Waals surface area (Å²) in [5.74, 6) is 0.355. The lowest BCUT2D eigenvalue weighted by molar-refractivity contribution is 0.207. The third kappa shape index (κ3) is 5.12. The van der Waals surface area contributed by atoms with Gasteiger partial charge in [-0.2, -0.15) is 0 Å². The van der Waals surface area contributed by atoms with E-state index in [2.05, 4.69) is 12.2 Å². The Kier molecular flexibility index (Phi) is 5.86. The highest BCUT2D eigenvalue weighted by atomic mass is 19.1. The lowest BCUT2D eigenvalue weighted by Crippen LogP contribution is -2.18. The van der Waals surface area contributed by atoms with E-state index >= 15 is 0 Å². The van der Waals surface area contributed by atoms with Crippen molar-refractivity contribution in [1.29, 1.82) is 0 Å². The summed E-state index contributed by atoms with van der Waals surface area (Å²) in [7, 11) is 0. The predicted octanol–water partition coefficient (Wildman–Crippen LogP) is 2.98. The van der Waals surface area contributed by atoms with E-state index in [1.807, 2.05) is 6.92 Å². The SMILES string of the molecule is CCNCCCC(C)Oc1cccc(F)c1. The zero-order chi connectivity index (χ0) is 11.8. The maximum absolute atomic E-state index is 12.9. The zero-order valence-electron chi connectivity index (χ0n) is 10.0. The summed E-state index contributed by atoms with van der Waals surface area (Å²) in [5.41, 5.74) is 0. The van der Waals surface area contributed by atoms with Crippen molar-refractivity contribution in [3.63, 3.8) is 0 Å². The Morgan fingerprint density at radius 2 is 2.25 bits per heavy atom. The summed E-state index contributed by atoms with van der Waals surface area (Å²) in [6, 6.07) is 6.28. The maximum atomic E-state index is 12.9. The van der Waals surface area contributed by atoms with Gasteiger partial charge in [-0.05, 0) is 45.0 Å². The fourth-order valence-corrected chi connectivity index (χ4v) is 1.52. The van der Waals surface area contributed by atoms with Crippen molar-refractivity contribution >= 4 is 0 Å². The van der Waals surface area contributed by atoms with Crippen LogP contribution in [0.5, 0.6) is 5.75 Å². The van der Waals surface area contributed by atoms with Crippen molar-refractivity contribution in [2.24, 2.45) is 0 Å². The Bertz CT molecular complexity index is 304. The quantitative estimate of drug-likeness (QED) is 0.720. The summed E-state index contributed by atoms with van der Waals surface area (Å²) in [6.07, 6.45) is 2.17. The molecule has 1 N–H and O–H groups in total. The van der Waals surface area contributed by atoms with Gasteiger partial charge >= 0.3 is 0 Å². The average molecular weight is 225 g/mol. The molecule has 0 aliphatic heterocycles. The van der Waals surface area contributed by atoms with Crippen LogP contribution in [0.2, 0.25) is 0 Å². The van der Waals surface area contributed by atoms with Crippen LogP contribution in [0.3, 0.4) is 0 Å². The summed E-state index contributed by atoms with van der Waals surface area (Å²) in [5, 5.41) is 3.26. The van der Waals surface area contributed by atoms with Gasteiger partial charge in [0.25, 0.3) is 0 Å². The third-order valence-electron chi connectivity index (χ3n) is 2.35. The molecule has 1 unspecified atom stereocenters. The van der Waals surface area contributed by atoms with Crippen LogP contribution in [0.25, 0.3) is 0 Å². The van der Waals surface area contributed by atoms with Crippen molar-refractivity contribution in [3.05, 3.63) is 30.1 Å². The normalized spacial score (nSPS) is 12.4. The van der Waals surface area contributed by atoms with Crippen LogP contribution in [0, 0.1) is 5.82 Å². The van der Waals surface area contributed by atoms with Crippen LogP contribution >= 0.6 is 0 Å². The lowest BCUT2D eigenvalue weighted by Gasteiger charge is -2.14. The molecule has 2 nitrogen and oxygen atoms in total. The van der Waals surface area contributed by atoms with Gasteiger partial charge in [-0.1, -0.05) is 13.0 Å². The van der Waals surface area contributed by atoms with E-state index in [0.717, 1.165) is 25.9 Å². The molecule has 1 aromatic rings. The summed E-state index contributed by atoms with van der Waals surface area (Å²) in [6.45, 7) is 6.11. The second kappa shape index (κ2) is 7.23. The molecule has 0 amide bonds. The highest BCUT2D eigenvalue weighted by Gasteiger charge is 2.04. The smallest absolute Gasteiger partial charge is 0.126 e. The van der Waals surface area contributed by atoms with Crippen LogP contribution < -0.4 is 10.1 Å². The molecule has 0 heterocycles. The van der Waals surface area contributed by atoms with Crippen molar-refractivity contribution in [2.75, 3.05) is 13.1 Å². The molecular formula is C13H20FNO. The molecular weight excluding hydrogens is 205 g/mol. The van der Waals surface area contributed by atoms with Gasteiger partial charge in [0.05, 0.1) is 6.10 Å². The predicted molar refractivity (Wildman–Crippen MR) is 64.3 cm³/mol. The molecule has 0 spiro atoms. The van der Waals surface area contributed by atoms with Crippen LogP contribution in [0.15, 0.2) is 24.3 Å². The highest BCUT2D eigenvalue weighted by molar-refractivity contribution is 5.22. The molecule has 16 heavy (non-hydrogen) atoms. The first-order chi connectivity index (χ1) is 7.72. The van der Waals surface area contributed by atoms with Crippen LogP contribution in [-0.2, 0) is 0 Å². The number of hydrogen-bond acceptors (Lipinski definition) is 2. The van der Waals surface area contributed by atoms with Crippen molar-refractivity contribution in [1.82, 2.24) is 5.32 Å². The highest BCUT2D eigenvalue weighted by Crippen LogP contribution is 2.15. The second-order valence-electron chi connectivity index (χ2n) is 3.88. The second-order valence-corrected chi connectivity index (χ2v) is 3.88. The fraction of sp³-hybridized carbons (Fsp3) is 0.538. The molecule has 1 rings (SSSR count). The van der Waals surface area contributed by atoms with E-state index in [4.69, 9.17) is 4.74 Å². The van der Waals surface area contributed by atoms with Crippen molar-refractivity contribution in [3.8, 4) is 5.75 Å². The van der Waals surface area contributed by atoms with Crippen LogP contribution in [0.4, 0.5) is 4.39 Å². The summed E-state index contributed by atoms with van der Waals surface area (Å²) < 4.78 is 18.5. The average Bonchev–Trinajstić information content (AvgIpc) is 2.24. The molecule has 0 aliphatic carbocycles.